The lowest BCUT2D eigenvalue weighted by Gasteiger charge is -2.35. The number of fused-ring (bicyclic) bond motifs is 1. The summed E-state index contributed by atoms with van der Waals surface area (Å²) in [5.41, 5.74) is 3.43. The molecule has 0 bridgehead atoms. The number of likely N-dealkylation sites (tertiary alicyclic amines) is 1. The molecule has 1 aliphatic rings. The molecule has 1 N–H and O–H groups in total. The molecule has 3 heterocycles. The highest BCUT2D eigenvalue weighted by molar-refractivity contribution is 7.20. The van der Waals surface area contributed by atoms with Crippen molar-refractivity contribution in [2.24, 2.45) is 18.9 Å². The number of benzene rings is 1. The fraction of sp³-hybridized carbons (Fsp3) is 0.478. The lowest BCUT2D eigenvalue weighted by Crippen LogP contribution is -2.38. The normalized spacial score (nSPS) is 20.3. The zero-order chi connectivity index (χ0) is 20.5. The van der Waals surface area contributed by atoms with Crippen LogP contribution in [0.25, 0.3) is 10.2 Å². The van der Waals surface area contributed by atoms with E-state index >= 15 is 0 Å². The fourth-order valence-corrected chi connectivity index (χ4v) is 5.57. The first-order valence-electron chi connectivity index (χ1n) is 10.4. The van der Waals surface area contributed by atoms with Crippen LogP contribution in [-0.2, 0) is 20.1 Å². The molecule has 2 unspecified atom stereocenters. The van der Waals surface area contributed by atoms with Gasteiger partial charge in [0.2, 0.25) is 0 Å². The molecule has 4 rings (SSSR count). The molecule has 3 aromatic rings. The Morgan fingerprint density at radius 1 is 1.17 bits per heavy atom. The van der Waals surface area contributed by atoms with E-state index < -0.39 is 0 Å². The van der Waals surface area contributed by atoms with E-state index in [9.17, 15) is 4.79 Å². The molecule has 1 amide bonds. The molecule has 0 radical (unpaired) electrons. The van der Waals surface area contributed by atoms with Crippen LogP contribution in [0.1, 0.15) is 46.8 Å². The molecule has 1 saturated heterocycles. The van der Waals surface area contributed by atoms with E-state index in [1.807, 2.05) is 24.7 Å². The van der Waals surface area contributed by atoms with Crippen molar-refractivity contribution >= 4 is 27.5 Å². The second-order valence-electron chi connectivity index (χ2n) is 8.68. The molecule has 6 heteroatoms. The van der Waals surface area contributed by atoms with E-state index in [1.165, 1.54) is 36.4 Å². The number of carbonyl (C=O) groups is 1. The minimum atomic E-state index is -0.0223. The van der Waals surface area contributed by atoms with E-state index in [-0.39, 0.29) is 5.91 Å². The van der Waals surface area contributed by atoms with Gasteiger partial charge in [0.15, 0.2) is 0 Å². The van der Waals surface area contributed by atoms with Gasteiger partial charge in [-0.2, -0.15) is 5.10 Å². The summed E-state index contributed by atoms with van der Waals surface area (Å²) in [6.07, 6.45) is 1.34. The number of thiophene rings is 1. The van der Waals surface area contributed by atoms with Crippen molar-refractivity contribution in [3.8, 4) is 0 Å². The summed E-state index contributed by atoms with van der Waals surface area (Å²) in [4.78, 5) is 16.9. The number of hydrogen-bond donors (Lipinski definition) is 1. The summed E-state index contributed by atoms with van der Waals surface area (Å²) in [6, 6.07) is 10.6. The van der Waals surface area contributed by atoms with Crippen LogP contribution in [0.15, 0.2) is 30.3 Å². The van der Waals surface area contributed by atoms with E-state index in [0.717, 1.165) is 44.7 Å². The topological polar surface area (TPSA) is 50.2 Å². The molecular weight excluding hydrogens is 380 g/mol. The highest BCUT2D eigenvalue weighted by atomic mass is 32.1. The van der Waals surface area contributed by atoms with Gasteiger partial charge >= 0.3 is 0 Å². The fourth-order valence-electron chi connectivity index (χ4n) is 4.53. The molecule has 2 atom stereocenters. The molecule has 154 valence electrons. The average Bonchev–Trinajstić information content (AvgIpc) is 3.22. The van der Waals surface area contributed by atoms with Gasteiger partial charge in [0.05, 0.1) is 10.6 Å². The van der Waals surface area contributed by atoms with Gasteiger partial charge < -0.3 is 5.32 Å². The molecule has 29 heavy (non-hydrogen) atoms. The van der Waals surface area contributed by atoms with Gasteiger partial charge in [0.25, 0.3) is 5.91 Å². The summed E-state index contributed by atoms with van der Waals surface area (Å²) < 4.78 is 1.84. The number of piperidine rings is 1. The van der Waals surface area contributed by atoms with E-state index in [4.69, 9.17) is 0 Å². The van der Waals surface area contributed by atoms with E-state index in [1.54, 1.807) is 0 Å². The summed E-state index contributed by atoms with van der Waals surface area (Å²) >= 11 is 1.49. The maximum absolute atomic E-state index is 12.6. The van der Waals surface area contributed by atoms with Crippen molar-refractivity contribution < 1.29 is 4.79 Å². The summed E-state index contributed by atoms with van der Waals surface area (Å²) in [6.45, 7) is 10.6. The molecular formula is C23H30N4OS. The minimum Gasteiger partial charge on any atom is -0.347 e. The van der Waals surface area contributed by atoms with Gasteiger partial charge in [-0.05, 0) is 42.4 Å². The number of carbonyl (C=O) groups excluding carboxylic acids is 1. The molecule has 5 nitrogen and oxygen atoms in total. The Labute approximate surface area is 176 Å². The van der Waals surface area contributed by atoms with Gasteiger partial charge in [-0.3, -0.25) is 14.4 Å². The largest absolute Gasteiger partial charge is 0.347 e. The van der Waals surface area contributed by atoms with Crippen molar-refractivity contribution in [1.29, 1.82) is 0 Å². The number of amides is 1. The van der Waals surface area contributed by atoms with Crippen molar-refractivity contribution in [2.75, 3.05) is 13.1 Å². The zero-order valence-electron chi connectivity index (χ0n) is 17.7. The Morgan fingerprint density at radius 3 is 2.48 bits per heavy atom. The summed E-state index contributed by atoms with van der Waals surface area (Å²) in [5, 5.41) is 8.51. The van der Waals surface area contributed by atoms with E-state index in [0.29, 0.717) is 6.54 Å². The van der Waals surface area contributed by atoms with Gasteiger partial charge in [0, 0.05) is 38.6 Å². The standard InChI is InChI=1S/C23H30N4OS/c1-15-9-16(2)13-27(12-15)14-19-7-5-18(6-8-19)11-24-22(28)21-10-20-17(3)25-26(4)23(20)29-21/h5-8,10,15-16H,9,11-14H2,1-4H3,(H,24,28). The molecule has 1 fully saturated rings. The quantitative estimate of drug-likeness (QED) is 0.680. The van der Waals surface area contributed by atoms with Crippen LogP contribution in [0.4, 0.5) is 0 Å². The first kappa shape index (κ1) is 20.1. The number of rotatable bonds is 5. The SMILES string of the molecule is Cc1nn(C)c2sc(C(=O)NCc3ccc(CN4CC(C)CC(C)C4)cc3)cc12. The number of aromatic nitrogens is 2. The predicted octanol–water partition coefficient (Wildman–Crippen LogP) is 4.35. The molecule has 0 aliphatic carbocycles. The van der Waals surface area contributed by atoms with Crippen LogP contribution in [0.5, 0.6) is 0 Å². The van der Waals surface area contributed by atoms with Crippen molar-refractivity contribution in [3.05, 3.63) is 52.0 Å². The number of nitrogens with zero attached hydrogens (tertiary/aromatic N) is 3. The van der Waals surface area contributed by atoms with Crippen molar-refractivity contribution in [2.45, 2.75) is 40.3 Å². The first-order valence-corrected chi connectivity index (χ1v) is 11.2. The third-order valence-electron chi connectivity index (χ3n) is 5.75. The predicted molar refractivity (Wildman–Crippen MR) is 119 cm³/mol. The number of hydrogen-bond acceptors (Lipinski definition) is 4. The third kappa shape index (κ3) is 4.54. The molecule has 0 saturated carbocycles. The first-order chi connectivity index (χ1) is 13.9. The van der Waals surface area contributed by atoms with Crippen LogP contribution in [0.2, 0.25) is 0 Å². The lowest BCUT2D eigenvalue weighted by atomic mass is 9.91. The molecule has 0 spiro atoms. The smallest absolute Gasteiger partial charge is 0.261 e. The van der Waals surface area contributed by atoms with Gasteiger partial charge in [-0.25, -0.2) is 0 Å². The van der Waals surface area contributed by atoms with Crippen molar-refractivity contribution in [1.82, 2.24) is 20.0 Å². The maximum Gasteiger partial charge on any atom is 0.261 e. The highest BCUT2D eigenvalue weighted by Gasteiger charge is 2.21. The van der Waals surface area contributed by atoms with Crippen LogP contribution in [0.3, 0.4) is 0 Å². The Bertz CT molecular complexity index is 959. The van der Waals surface area contributed by atoms with Crippen LogP contribution < -0.4 is 5.32 Å². The Hall–Kier alpha value is -2.18. The minimum absolute atomic E-state index is 0.0223. The summed E-state index contributed by atoms with van der Waals surface area (Å²) in [5.74, 6) is 1.54. The molecule has 1 aromatic carbocycles. The van der Waals surface area contributed by atoms with Crippen LogP contribution >= 0.6 is 11.3 Å². The lowest BCUT2D eigenvalue weighted by molar-refractivity contribution is 0.0955. The molecule has 1 aliphatic heterocycles. The zero-order valence-corrected chi connectivity index (χ0v) is 18.6. The van der Waals surface area contributed by atoms with Crippen molar-refractivity contribution in [3.63, 3.8) is 0 Å². The van der Waals surface area contributed by atoms with Gasteiger partial charge in [-0.1, -0.05) is 38.1 Å². The third-order valence-corrected chi connectivity index (χ3v) is 6.95. The van der Waals surface area contributed by atoms with Gasteiger partial charge in [-0.15, -0.1) is 11.3 Å². The number of nitrogens with one attached hydrogen (secondary N) is 1. The molecule has 2 aromatic heterocycles. The summed E-state index contributed by atoms with van der Waals surface area (Å²) in [7, 11) is 1.92. The van der Waals surface area contributed by atoms with E-state index in [2.05, 4.69) is 53.4 Å². The van der Waals surface area contributed by atoms with Gasteiger partial charge in [0.1, 0.15) is 4.83 Å². The van der Waals surface area contributed by atoms with Crippen LogP contribution in [-0.4, -0.2) is 33.7 Å². The monoisotopic (exact) mass is 410 g/mol. The van der Waals surface area contributed by atoms with Crippen LogP contribution in [0, 0.1) is 18.8 Å². The highest BCUT2D eigenvalue weighted by Crippen LogP contribution is 2.27. The Balaban J connectivity index is 1.33. The second-order valence-corrected chi connectivity index (χ2v) is 9.71. The number of aryl methyl sites for hydroxylation is 2. The Kier molecular flexibility index (Phi) is 5.74. The second kappa shape index (κ2) is 8.28. The maximum atomic E-state index is 12.6. The average molecular weight is 411 g/mol. The Morgan fingerprint density at radius 2 is 1.83 bits per heavy atom.